The van der Waals surface area contributed by atoms with Crippen LogP contribution in [0, 0.1) is 5.92 Å². The number of nitrogens with zero attached hydrogens (tertiary/aromatic N) is 4. The highest BCUT2D eigenvalue weighted by atomic mass is 79.9. The van der Waals surface area contributed by atoms with E-state index in [-0.39, 0.29) is 18.2 Å². The largest absolute Gasteiger partial charge is 0.329 e. The molecule has 1 aromatic heterocycles. The van der Waals surface area contributed by atoms with Gasteiger partial charge in [-0.05, 0) is 52.2 Å². The summed E-state index contributed by atoms with van der Waals surface area (Å²) in [7, 11) is 0. The van der Waals surface area contributed by atoms with E-state index in [1.807, 2.05) is 71.3 Å². The zero-order chi connectivity index (χ0) is 24.8. The van der Waals surface area contributed by atoms with Crippen LogP contribution in [0.3, 0.4) is 0 Å². The van der Waals surface area contributed by atoms with Crippen LogP contribution in [0.15, 0.2) is 95.7 Å². The van der Waals surface area contributed by atoms with Crippen LogP contribution in [0.2, 0.25) is 0 Å². The number of hydroxylamine groups is 1. The van der Waals surface area contributed by atoms with Crippen LogP contribution >= 0.6 is 15.9 Å². The fourth-order valence-electron chi connectivity index (χ4n) is 5.39. The number of benzene rings is 3. The van der Waals surface area contributed by atoms with E-state index >= 15 is 0 Å². The number of amides is 2. The number of anilines is 2. The summed E-state index contributed by atoms with van der Waals surface area (Å²) in [5.74, 6) is -1.78. The number of aromatic nitrogens is 2. The lowest BCUT2D eigenvalue weighted by Gasteiger charge is -2.35. The average molecular weight is 543 g/mol. The molecule has 0 unspecified atom stereocenters. The molecule has 2 heterocycles. The van der Waals surface area contributed by atoms with Gasteiger partial charge in [-0.1, -0.05) is 60.7 Å². The van der Waals surface area contributed by atoms with Gasteiger partial charge in [0.1, 0.15) is 6.04 Å². The molecule has 0 saturated carbocycles. The molecule has 2 aliphatic rings. The summed E-state index contributed by atoms with van der Waals surface area (Å²) in [4.78, 5) is 33.5. The summed E-state index contributed by atoms with van der Waals surface area (Å²) < 4.78 is 2.67. The Morgan fingerprint density at radius 3 is 2.31 bits per heavy atom. The second-order valence-electron chi connectivity index (χ2n) is 9.11. The van der Waals surface area contributed by atoms with Crippen molar-refractivity contribution in [3.63, 3.8) is 0 Å². The molecule has 1 fully saturated rings. The summed E-state index contributed by atoms with van der Waals surface area (Å²) in [6.45, 7) is 0.506. The maximum atomic E-state index is 13.8. The highest BCUT2D eigenvalue weighted by molar-refractivity contribution is 9.10. The predicted molar refractivity (Wildman–Crippen MR) is 139 cm³/mol. The molecule has 3 atom stereocenters. The molecule has 0 bridgehead atoms. The fourth-order valence-corrected chi connectivity index (χ4v) is 5.85. The normalized spacial score (nSPS) is 20.8. The Hall–Kier alpha value is -3.75. The second-order valence-corrected chi connectivity index (χ2v) is 9.96. The minimum absolute atomic E-state index is 0.250. The van der Waals surface area contributed by atoms with Gasteiger partial charge in [-0.2, -0.15) is 0 Å². The van der Waals surface area contributed by atoms with Crippen molar-refractivity contribution in [2.45, 2.75) is 24.9 Å². The van der Waals surface area contributed by atoms with Crippen LogP contribution in [-0.2, 0) is 16.1 Å². The molecule has 1 aliphatic carbocycles. The van der Waals surface area contributed by atoms with Crippen LogP contribution in [0.1, 0.15) is 35.3 Å². The van der Waals surface area contributed by atoms with Crippen molar-refractivity contribution in [1.29, 1.82) is 0 Å². The van der Waals surface area contributed by atoms with E-state index in [1.54, 1.807) is 24.5 Å². The van der Waals surface area contributed by atoms with Crippen molar-refractivity contribution in [2.75, 3.05) is 9.96 Å². The Labute approximate surface area is 216 Å². The third-order valence-electron chi connectivity index (χ3n) is 7.03. The number of imide groups is 1. The van der Waals surface area contributed by atoms with Crippen LogP contribution in [0.4, 0.5) is 11.4 Å². The monoisotopic (exact) mass is 542 g/mol. The summed E-state index contributed by atoms with van der Waals surface area (Å²) in [5, 5.41) is 12.5. The zero-order valence-electron chi connectivity index (χ0n) is 19.2. The van der Waals surface area contributed by atoms with Gasteiger partial charge in [0.15, 0.2) is 0 Å². The van der Waals surface area contributed by atoms with Gasteiger partial charge in [0.2, 0.25) is 11.8 Å². The van der Waals surface area contributed by atoms with E-state index in [0.717, 1.165) is 10.0 Å². The first kappa shape index (κ1) is 22.7. The topological polar surface area (TPSA) is 78.7 Å². The Kier molecular flexibility index (Phi) is 5.70. The van der Waals surface area contributed by atoms with Gasteiger partial charge in [0, 0.05) is 11.0 Å². The molecule has 4 aromatic rings. The third kappa shape index (κ3) is 3.65. The fraction of sp³-hybridized carbons (Fsp3) is 0.179. The molecule has 36 heavy (non-hydrogen) atoms. The summed E-state index contributed by atoms with van der Waals surface area (Å²) in [6.07, 6.45) is 1.98. The molecular formula is C28H23BrN4O3. The molecule has 2 amide bonds. The van der Waals surface area contributed by atoms with E-state index in [2.05, 4.69) is 15.9 Å². The molecular weight excluding hydrogens is 520 g/mol. The maximum absolute atomic E-state index is 13.8. The Balaban J connectivity index is 1.47. The van der Waals surface area contributed by atoms with Crippen molar-refractivity contribution < 1.29 is 14.8 Å². The molecule has 1 aliphatic heterocycles. The number of carbonyl (C=O) groups excluding carboxylic acids is 2. The summed E-state index contributed by atoms with van der Waals surface area (Å²) in [6, 6.07) is 25.7. The third-order valence-corrected chi connectivity index (χ3v) is 7.70. The smallest absolute Gasteiger partial charge is 0.243 e. The number of halogens is 1. The first-order chi connectivity index (χ1) is 17.5. The number of imidazole rings is 1. The molecule has 180 valence electrons. The first-order valence-electron chi connectivity index (χ1n) is 11.8. The lowest BCUT2D eigenvalue weighted by molar-refractivity contribution is -0.122. The second kappa shape index (κ2) is 9.04. The maximum Gasteiger partial charge on any atom is 0.243 e. The summed E-state index contributed by atoms with van der Waals surface area (Å²) >= 11 is 3.51. The number of hydrogen-bond donors (Lipinski definition) is 1. The average Bonchev–Trinajstić information content (AvgIpc) is 3.42. The van der Waals surface area contributed by atoms with Gasteiger partial charge < -0.3 is 4.57 Å². The molecule has 3 aromatic carbocycles. The molecule has 0 spiro atoms. The van der Waals surface area contributed by atoms with Crippen molar-refractivity contribution in [2.24, 2.45) is 5.92 Å². The first-order valence-corrected chi connectivity index (χ1v) is 12.6. The van der Waals surface area contributed by atoms with Crippen LogP contribution in [0.5, 0.6) is 0 Å². The lowest BCUT2D eigenvalue weighted by Crippen LogP contribution is -2.36. The van der Waals surface area contributed by atoms with E-state index < -0.39 is 17.9 Å². The molecule has 1 N–H and O–H groups in total. The molecule has 7 nitrogen and oxygen atoms in total. The number of hydrogen-bond acceptors (Lipinski definition) is 5. The van der Waals surface area contributed by atoms with Crippen molar-refractivity contribution in [3.05, 3.63) is 113 Å². The van der Waals surface area contributed by atoms with Crippen molar-refractivity contribution in [1.82, 2.24) is 9.55 Å². The number of carbonyl (C=O) groups is 2. The minimum Gasteiger partial charge on any atom is -0.329 e. The van der Waals surface area contributed by atoms with E-state index in [4.69, 9.17) is 4.98 Å². The Morgan fingerprint density at radius 2 is 1.58 bits per heavy atom. The van der Waals surface area contributed by atoms with E-state index in [1.165, 1.54) is 9.96 Å². The molecule has 6 rings (SSSR count). The molecule has 8 heteroatoms. The summed E-state index contributed by atoms with van der Waals surface area (Å²) in [5.41, 5.74) is 3.48. The lowest BCUT2D eigenvalue weighted by atomic mass is 9.78. The Morgan fingerprint density at radius 1 is 0.917 bits per heavy atom. The van der Waals surface area contributed by atoms with Gasteiger partial charge >= 0.3 is 0 Å². The highest BCUT2D eigenvalue weighted by Crippen LogP contribution is 2.50. The standard InChI is InChI=1S/C28H23BrN4O3/c29-21-13-7-8-14-22(21)33(36)23-15-20-24(28(35)32(27(20)34)19-11-5-2-6-12-19)26-25(23)30-17-31(26)16-18-9-3-1-4-10-18/h1-14,17,20,23-24,36H,15-16H2/t20-,23-,24-/m0/s1. The minimum atomic E-state index is -0.664. The van der Waals surface area contributed by atoms with Crippen LogP contribution in [-0.4, -0.2) is 26.6 Å². The molecule has 1 saturated heterocycles. The Bertz CT molecular complexity index is 1440. The van der Waals surface area contributed by atoms with E-state index in [9.17, 15) is 14.8 Å². The SMILES string of the molecule is O=C1[C@H]2C[C@H](N(O)c3ccccc3Br)c3ncn(Cc4ccccc4)c3[C@H]2C(=O)N1c1ccccc1. The van der Waals surface area contributed by atoms with Gasteiger partial charge in [-0.3, -0.25) is 14.8 Å². The molecule has 0 radical (unpaired) electrons. The van der Waals surface area contributed by atoms with Gasteiger partial charge in [-0.25, -0.2) is 14.9 Å². The highest BCUT2D eigenvalue weighted by Gasteiger charge is 2.55. The van der Waals surface area contributed by atoms with Crippen molar-refractivity contribution >= 4 is 39.1 Å². The number of fused-ring (bicyclic) bond motifs is 3. The predicted octanol–water partition coefficient (Wildman–Crippen LogP) is 5.31. The zero-order valence-corrected chi connectivity index (χ0v) is 20.8. The van der Waals surface area contributed by atoms with E-state index in [0.29, 0.717) is 29.3 Å². The van der Waals surface area contributed by atoms with Gasteiger partial charge in [-0.15, -0.1) is 0 Å². The van der Waals surface area contributed by atoms with Crippen LogP contribution < -0.4 is 9.96 Å². The van der Waals surface area contributed by atoms with Gasteiger partial charge in [0.25, 0.3) is 0 Å². The number of para-hydroxylation sites is 2. The van der Waals surface area contributed by atoms with Crippen molar-refractivity contribution in [3.8, 4) is 0 Å². The van der Waals surface area contributed by atoms with Crippen LogP contribution in [0.25, 0.3) is 0 Å². The quantitative estimate of drug-likeness (QED) is 0.273. The van der Waals surface area contributed by atoms with Gasteiger partial charge in [0.05, 0.1) is 40.9 Å². The number of rotatable bonds is 5.